The molecule has 0 aliphatic heterocycles. The number of nitrogens with zero attached hydrogens (tertiary/aromatic N) is 2. The van der Waals surface area contributed by atoms with E-state index < -0.39 is 37.0 Å². The minimum absolute atomic E-state index is 0.174. The number of hydrogen-bond donors (Lipinski definition) is 2. The maximum absolute atomic E-state index is 12.2. The first kappa shape index (κ1) is 18.7. The first-order valence-corrected chi connectivity index (χ1v) is 6.51. The molecule has 0 fully saturated rings. The predicted octanol–water partition coefficient (Wildman–Crippen LogP) is -0.747. The molecule has 0 aliphatic rings. The Hall–Kier alpha value is -2.32. The van der Waals surface area contributed by atoms with Crippen molar-refractivity contribution in [3.05, 3.63) is 0 Å². The Bertz CT molecular complexity index is 382. The molecule has 21 heavy (non-hydrogen) atoms. The van der Waals surface area contributed by atoms with Crippen LogP contribution in [-0.4, -0.2) is 71.6 Å². The number of carbonyl (C=O) groups excluding carboxylic acids is 3. The molecule has 3 amide bonds. The molecular weight excluding hydrogens is 282 g/mol. The highest BCUT2D eigenvalue weighted by molar-refractivity contribution is 5.87. The van der Waals surface area contributed by atoms with Gasteiger partial charge in [-0.25, -0.2) is 4.79 Å². The number of urea groups is 1. The van der Waals surface area contributed by atoms with Crippen LogP contribution in [0, 0.1) is 0 Å². The highest BCUT2D eigenvalue weighted by Gasteiger charge is 2.25. The number of amides is 3. The van der Waals surface area contributed by atoms with E-state index in [0.717, 1.165) is 9.80 Å². The van der Waals surface area contributed by atoms with Crippen molar-refractivity contribution in [3.8, 4) is 0 Å². The van der Waals surface area contributed by atoms with Crippen LogP contribution >= 0.6 is 0 Å². The number of aliphatic carboxylic acids is 1. The third-order valence-electron chi connectivity index (χ3n) is 2.33. The van der Waals surface area contributed by atoms with Crippen LogP contribution in [0.5, 0.6) is 0 Å². The molecule has 0 saturated carbocycles. The number of nitrogens with two attached hydrogens (primary N) is 1. The summed E-state index contributed by atoms with van der Waals surface area (Å²) in [5.74, 6) is -2.72. The first-order chi connectivity index (χ1) is 9.81. The standard InChI is InChI=1S/C12H21N3O6/c1-3-5-14(8-11(19)21-4-2)12(20)15(6-9(13)16)7-10(17)18/h3-8H2,1-2H3,(H2,13,16)(H,17,18). The molecular formula is C12H21N3O6. The molecule has 9 nitrogen and oxygen atoms in total. The van der Waals surface area contributed by atoms with Crippen LogP contribution in [0.4, 0.5) is 4.79 Å². The zero-order chi connectivity index (χ0) is 16.4. The Balaban J connectivity index is 4.96. The molecule has 0 unspecified atom stereocenters. The number of primary amides is 1. The van der Waals surface area contributed by atoms with Gasteiger partial charge < -0.3 is 25.4 Å². The van der Waals surface area contributed by atoms with Gasteiger partial charge in [0.1, 0.15) is 19.6 Å². The van der Waals surface area contributed by atoms with Crippen LogP contribution < -0.4 is 5.73 Å². The van der Waals surface area contributed by atoms with Crippen molar-refractivity contribution < 1.29 is 29.0 Å². The second-order valence-electron chi connectivity index (χ2n) is 4.23. The van der Waals surface area contributed by atoms with Crippen LogP contribution in [0.1, 0.15) is 20.3 Å². The summed E-state index contributed by atoms with van der Waals surface area (Å²) in [7, 11) is 0. The Morgan fingerprint density at radius 2 is 1.67 bits per heavy atom. The van der Waals surface area contributed by atoms with Gasteiger partial charge in [0.2, 0.25) is 5.91 Å². The van der Waals surface area contributed by atoms with Crippen molar-refractivity contribution in [2.75, 3.05) is 32.8 Å². The second kappa shape index (κ2) is 9.56. The number of carbonyl (C=O) groups is 4. The third-order valence-corrected chi connectivity index (χ3v) is 2.33. The van der Waals surface area contributed by atoms with Gasteiger partial charge in [-0.1, -0.05) is 6.92 Å². The van der Waals surface area contributed by atoms with Gasteiger partial charge in [0.05, 0.1) is 6.61 Å². The van der Waals surface area contributed by atoms with E-state index in [2.05, 4.69) is 0 Å². The Labute approximate surface area is 122 Å². The molecule has 0 aromatic carbocycles. The molecule has 0 aromatic rings. The molecule has 0 bridgehead atoms. The van der Waals surface area contributed by atoms with E-state index in [1.165, 1.54) is 0 Å². The van der Waals surface area contributed by atoms with Crippen LogP contribution in [-0.2, 0) is 19.1 Å². The average Bonchev–Trinajstić information content (AvgIpc) is 2.35. The number of ether oxygens (including phenoxy) is 1. The van der Waals surface area contributed by atoms with E-state index in [-0.39, 0.29) is 19.7 Å². The molecule has 0 heterocycles. The van der Waals surface area contributed by atoms with Crippen molar-refractivity contribution in [3.63, 3.8) is 0 Å². The molecule has 9 heteroatoms. The van der Waals surface area contributed by atoms with Gasteiger partial charge in [0.25, 0.3) is 0 Å². The van der Waals surface area contributed by atoms with E-state index >= 15 is 0 Å². The molecule has 0 radical (unpaired) electrons. The normalized spacial score (nSPS) is 9.81. The molecule has 0 spiro atoms. The van der Waals surface area contributed by atoms with Crippen LogP contribution in [0.3, 0.4) is 0 Å². The summed E-state index contributed by atoms with van der Waals surface area (Å²) in [5.41, 5.74) is 4.99. The quantitative estimate of drug-likeness (QED) is 0.539. The van der Waals surface area contributed by atoms with Crippen molar-refractivity contribution in [1.82, 2.24) is 9.80 Å². The van der Waals surface area contributed by atoms with Crippen molar-refractivity contribution in [2.45, 2.75) is 20.3 Å². The summed E-state index contributed by atoms with van der Waals surface area (Å²) in [6.45, 7) is 2.31. The zero-order valence-electron chi connectivity index (χ0n) is 12.2. The van der Waals surface area contributed by atoms with E-state index in [1.807, 2.05) is 0 Å². The summed E-state index contributed by atoms with van der Waals surface area (Å²) in [6, 6.07) is -0.744. The lowest BCUT2D eigenvalue weighted by molar-refractivity contribution is -0.143. The number of carboxylic acids is 1. The lowest BCUT2D eigenvalue weighted by Gasteiger charge is -2.28. The lowest BCUT2D eigenvalue weighted by atomic mass is 10.4. The van der Waals surface area contributed by atoms with Gasteiger partial charge in [-0.05, 0) is 13.3 Å². The van der Waals surface area contributed by atoms with Crippen molar-refractivity contribution in [2.24, 2.45) is 5.73 Å². The molecule has 0 aromatic heterocycles. The van der Waals surface area contributed by atoms with Crippen molar-refractivity contribution >= 4 is 23.9 Å². The Morgan fingerprint density at radius 1 is 1.05 bits per heavy atom. The fourth-order valence-electron chi connectivity index (χ4n) is 1.62. The molecule has 0 rings (SSSR count). The maximum atomic E-state index is 12.2. The summed E-state index contributed by atoms with van der Waals surface area (Å²) in [5, 5.41) is 8.77. The Kier molecular flexibility index (Phi) is 8.51. The fourth-order valence-corrected chi connectivity index (χ4v) is 1.62. The third kappa shape index (κ3) is 7.75. The van der Waals surface area contributed by atoms with Crippen LogP contribution in [0.2, 0.25) is 0 Å². The summed E-state index contributed by atoms with van der Waals surface area (Å²) >= 11 is 0. The number of esters is 1. The molecule has 3 N–H and O–H groups in total. The Morgan fingerprint density at radius 3 is 2.10 bits per heavy atom. The number of rotatable bonds is 9. The van der Waals surface area contributed by atoms with Crippen LogP contribution in [0.25, 0.3) is 0 Å². The van der Waals surface area contributed by atoms with E-state index in [1.54, 1.807) is 13.8 Å². The summed E-state index contributed by atoms with van der Waals surface area (Å²) in [4.78, 5) is 47.3. The maximum Gasteiger partial charge on any atom is 0.325 e. The summed E-state index contributed by atoms with van der Waals surface area (Å²) in [6.07, 6.45) is 0.558. The fraction of sp³-hybridized carbons (Fsp3) is 0.667. The summed E-state index contributed by atoms with van der Waals surface area (Å²) < 4.78 is 4.75. The van der Waals surface area contributed by atoms with E-state index in [9.17, 15) is 19.2 Å². The largest absolute Gasteiger partial charge is 0.480 e. The first-order valence-electron chi connectivity index (χ1n) is 6.51. The minimum atomic E-state index is -1.28. The lowest BCUT2D eigenvalue weighted by Crippen LogP contribution is -2.50. The second-order valence-corrected chi connectivity index (χ2v) is 4.23. The highest BCUT2D eigenvalue weighted by Crippen LogP contribution is 2.02. The topological polar surface area (TPSA) is 130 Å². The highest BCUT2D eigenvalue weighted by atomic mass is 16.5. The van der Waals surface area contributed by atoms with E-state index in [4.69, 9.17) is 15.6 Å². The zero-order valence-corrected chi connectivity index (χ0v) is 12.2. The smallest absolute Gasteiger partial charge is 0.325 e. The number of hydrogen-bond acceptors (Lipinski definition) is 5. The van der Waals surface area contributed by atoms with Crippen LogP contribution in [0.15, 0.2) is 0 Å². The van der Waals surface area contributed by atoms with Gasteiger partial charge in [0.15, 0.2) is 0 Å². The van der Waals surface area contributed by atoms with E-state index in [0.29, 0.717) is 6.42 Å². The van der Waals surface area contributed by atoms with Gasteiger partial charge in [-0.3, -0.25) is 14.4 Å². The van der Waals surface area contributed by atoms with Gasteiger partial charge in [-0.15, -0.1) is 0 Å². The SMILES string of the molecule is CCCN(CC(=O)OCC)C(=O)N(CC(N)=O)CC(=O)O. The van der Waals surface area contributed by atoms with Gasteiger partial charge in [-0.2, -0.15) is 0 Å². The molecule has 0 atom stereocenters. The monoisotopic (exact) mass is 303 g/mol. The predicted molar refractivity (Wildman–Crippen MR) is 72.3 cm³/mol. The molecule has 0 aliphatic carbocycles. The van der Waals surface area contributed by atoms with Gasteiger partial charge >= 0.3 is 18.0 Å². The average molecular weight is 303 g/mol. The number of carboxylic acid groups (broad SMARTS) is 1. The molecule has 120 valence electrons. The van der Waals surface area contributed by atoms with Crippen molar-refractivity contribution in [1.29, 1.82) is 0 Å². The van der Waals surface area contributed by atoms with Gasteiger partial charge in [0, 0.05) is 6.54 Å². The minimum Gasteiger partial charge on any atom is -0.480 e. The molecule has 0 saturated heterocycles.